The largest absolute Gasteiger partial charge is 0.332 e. The molecule has 0 fully saturated rings. The Morgan fingerprint density at radius 3 is 2.52 bits per heavy atom. The molecule has 1 aromatic carbocycles. The first kappa shape index (κ1) is 18.6. The van der Waals surface area contributed by atoms with E-state index in [0.717, 1.165) is 15.8 Å². The molecule has 1 amide bonds. The maximum Gasteiger partial charge on any atom is 0.332 e. The number of imidazole rings is 1. The number of aryl methyl sites for hydroxylation is 3. The highest BCUT2D eigenvalue weighted by atomic mass is 16.2. The summed E-state index contributed by atoms with van der Waals surface area (Å²) < 4.78 is 4.02. The van der Waals surface area contributed by atoms with Crippen molar-refractivity contribution in [1.82, 2.24) is 18.7 Å². The molecule has 3 aromatic rings. The molecule has 8 heteroatoms. The Kier molecular flexibility index (Phi) is 4.98. The monoisotopic (exact) mass is 369 g/mol. The van der Waals surface area contributed by atoms with Crippen molar-refractivity contribution in [3.8, 4) is 0 Å². The summed E-state index contributed by atoms with van der Waals surface area (Å²) >= 11 is 0. The number of aromatic nitrogens is 4. The van der Waals surface area contributed by atoms with Crippen LogP contribution in [0.4, 0.5) is 5.69 Å². The van der Waals surface area contributed by atoms with E-state index in [-0.39, 0.29) is 12.3 Å². The molecular formula is C19H23N5O3. The van der Waals surface area contributed by atoms with Crippen molar-refractivity contribution in [1.29, 1.82) is 0 Å². The van der Waals surface area contributed by atoms with Crippen LogP contribution in [0.15, 0.2) is 40.2 Å². The van der Waals surface area contributed by atoms with Gasteiger partial charge < -0.3 is 9.47 Å². The minimum absolute atomic E-state index is 0.0321. The van der Waals surface area contributed by atoms with Gasteiger partial charge in [-0.1, -0.05) is 18.2 Å². The fourth-order valence-corrected chi connectivity index (χ4v) is 3.26. The number of para-hydroxylation sites is 1. The van der Waals surface area contributed by atoms with Crippen LogP contribution in [0.2, 0.25) is 0 Å². The molecule has 0 radical (unpaired) electrons. The van der Waals surface area contributed by atoms with E-state index >= 15 is 0 Å². The van der Waals surface area contributed by atoms with Gasteiger partial charge in [0.05, 0.1) is 6.33 Å². The third-order valence-corrected chi connectivity index (χ3v) is 4.81. The first-order chi connectivity index (χ1) is 12.9. The number of carbonyl (C=O) groups is 1. The normalized spacial score (nSPS) is 11.1. The average Bonchev–Trinajstić information content (AvgIpc) is 3.09. The molecule has 0 bridgehead atoms. The van der Waals surface area contributed by atoms with E-state index in [9.17, 15) is 14.4 Å². The van der Waals surface area contributed by atoms with E-state index in [2.05, 4.69) is 4.98 Å². The SMILES string of the molecule is CCN(C(=O)CCn1cnc2c1c(=O)n(C)c(=O)n2C)c1ccccc1C. The number of anilines is 1. The highest BCUT2D eigenvalue weighted by Crippen LogP contribution is 2.20. The molecule has 0 atom stereocenters. The van der Waals surface area contributed by atoms with E-state index in [0.29, 0.717) is 24.3 Å². The number of amides is 1. The van der Waals surface area contributed by atoms with Gasteiger partial charge in [-0.3, -0.25) is 18.7 Å². The maximum absolute atomic E-state index is 12.8. The Balaban J connectivity index is 1.89. The predicted molar refractivity (Wildman–Crippen MR) is 104 cm³/mol. The third kappa shape index (κ3) is 3.18. The van der Waals surface area contributed by atoms with Crippen molar-refractivity contribution in [2.45, 2.75) is 26.8 Å². The van der Waals surface area contributed by atoms with Crippen LogP contribution in [0, 0.1) is 6.92 Å². The topological polar surface area (TPSA) is 82.1 Å². The molecule has 0 aliphatic heterocycles. The van der Waals surface area contributed by atoms with Gasteiger partial charge in [-0.05, 0) is 25.5 Å². The highest BCUT2D eigenvalue weighted by molar-refractivity contribution is 5.94. The van der Waals surface area contributed by atoms with Gasteiger partial charge in [0.25, 0.3) is 5.56 Å². The Bertz CT molecular complexity index is 1120. The van der Waals surface area contributed by atoms with Crippen molar-refractivity contribution < 1.29 is 4.79 Å². The Morgan fingerprint density at radius 2 is 1.85 bits per heavy atom. The van der Waals surface area contributed by atoms with Crippen LogP contribution in [0.25, 0.3) is 11.2 Å². The second-order valence-corrected chi connectivity index (χ2v) is 6.49. The number of nitrogens with zero attached hydrogens (tertiary/aromatic N) is 5. The molecule has 3 rings (SSSR count). The van der Waals surface area contributed by atoms with Crippen LogP contribution in [0.3, 0.4) is 0 Å². The summed E-state index contributed by atoms with van der Waals surface area (Å²) in [5.74, 6) is -0.0321. The molecule has 142 valence electrons. The molecule has 2 heterocycles. The van der Waals surface area contributed by atoms with E-state index in [4.69, 9.17) is 0 Å². The second-order valence-electron chi connectivity index (χ2n) is 6.49. The number of hydrogen-bond donors (Lipinski definition) is 0. The lowest BCUT2D eigenvalue weighted by Crippen LogP contribution is -2.37. The molecule has 27 heavy (non-hydrogen) atoms. The van der Waals surface area contributed by atoms with Crippen molar-refractivity contribution in [3.05, 3.63) is 57.0 Å². The third-order valence-electron chi connectivity index (χ3n) is 4.81. The van der Waals surface area contributed by atoms with Gasteiger partial charge in [0, 0.05) is 39.3 Å². The number of hydrogen-bond acceptors (Lipinski definition) is 4. The minimum Gasteiger partial charge on any atom is -0.324 e. The lowest BCUT2D eigenvalue weighted by molar-refractivity contribution is -0.118. The van der Waals surface area contributed by atoms with Crippen LogP contribution in [0.1, 0.15) is 18.9 Å². The molecule has 0 unspecified atom stereocenters. The summed E-state index contributed by atoms with van der Waals surface area (Å²) in [6, 6.07) is 7.74. The lowest BCUT2D eigenvalue weighted by Gasteiger charge is -2.23. The quantitative estimate of drug-likeness (QED) is 0.676. The molecule has 0 aliphatic rings. The number of rotatable bonds is 5. The first-order valence-corrected chi connectivity index (χ1v) is 8.83. The smallest absolute Gasteiger partial charge is 0.324 e. The number of carbonyl (C=O) groups excluding carboxylic acids is 1. The van der Waals surface area contributed by atoms with Crippen LogP contribution in [-0.4, -0.2) is 31.1 Å². The Morgan fingerprint density at radius 1 is 1.15 bits per heavy atom. The van der Waals surface area contributed by atoms with Crippen molar-refractivity contribution in [2.75, 3.05) is 11.4 Å². The predicted octanol–water partition coefficient (Wildman–Crippen LogP) is 1.19. The van der Waals surface area contributed by atoms with E-state index in [1.165, 1.54) is 17.9 Å². The second kappa shape index (κ2) is 7.22. The first-order valence-electron chi connectivity index (χ1n) is 8.83. The molecule has 0 saturated heterocycles. The lowest BCUT2D eigenvalue weighted by atomic mass is 10.1. The van der Waals surface area contributed by atoms with Crippen LogP contribution < -0.4 is 16.1 Å². The number of benzene rings is 1. The summed E-state index contributed by atoms with van der Waals surface area (Å²) in [6.07, 6.45) is 1.72. The van der Waals surface area contributed by atoms with Crippen LogP contribution in [0.5, 0.6) is 0 Å². The summed E-state index contributed by atoms with van der Waals surface area (Å²) in [7, 11) is 3.01. The fraction of sp³-hybridized carbons (Fsp3) is 0.368. The van der Waals surface area contributed by atoms with Crippen LogP contribution in [-0.2, 0) is 25.4 Å². The van der Waals surface area contributed by atoms with Gasteiger partial charge in [0.2, 0.25) is 5.91 Å². The van der Waals surface area contributed by atoms with Crippen LogP contribution >= 0.6 is 0 Å². The van der Waals surface area contributed by atoms with Crippen molar-refractivity contribution in [3.63, 3.8) is 0 Å². The molecule has 0 N–H and O–H groups in total. The van der Waals surface area contributed by atoms with Gasteiger partial charge in [0.15, 0.2) is 11.2 Å². The molecule has 2 aromatic heterocycles. The average molecular weight is 369 g/mol. The molecule has 0 aliphatic carbocycles. The van der Waals surface area contributed by atoms with E-state index in [1.807, 2.05) is 38.1 Å². The van der Waals surface area contributed by atoms with Gasteiger partial charge >= 0.3 is 5.69 Å². The number of fused-ring (bicyclic) bond motifs is 1. The Hall–Kier alpha value is -3.16. The highest BCUT2D eigenvalue weighted by Gasteiger charge is 2.18. The van der Waals surface area contributed by atoms with Gasteiger partial charge in [-0.2, -0.15) is 0 Å². The van der Waals surface area contributed by atoms with E-state index < -0.39 is 11.2 Å². The van der Waals surface area contributed by atoms with Gasteiger partial charge in [-0.25, -0.2) is 9.78 Å². The molecule has 8 nitrogen and oxygen atoms in total. The zero-order valence-electron chi connectivity index (χ0n) is 16.0. The molecular weight excluding hydrogens is 346 g/mol. The van der Waals surface area contributed by atoms with Gasteiger partial charge in [-0.15, -0.1) is 0 Å². The summed E-state index contributed by atoms with van der Waals surface area (Å²) in [6.45, 7) is 4.77. The standard InChI is InChI=1S/C19H23N5O3/c1-5-24(14-9-7-6-8-13(14)2)15(25)10-11-23-12-20-17-16(23)18(26)22(4)19(27)21(17)3/h6-9,12H,5,10-11H2,1-4H3. The molecule has 0 saturated carbocycles. The zero-order valence-corrected chi connectivity index (χ0v) is 16.0. The summed E-state index contributed by atoms with van der Waals surface area (Å²) in [4.78, 5) is 43.2. The van der Waals surface area contributed by atoms with E-state index in [1.54, 1.807) is 16.5 Å². The minimum atomic E-state index is -0.425. The maximum atomic E-state index is 12.8. The van der Waals surface area contributed by atoms with Gasteiger partial charge in [0.1, 0.15) is 0 Å². The fourth-order valence-electron chi connectivity index (χ4n) is 3.26. The zero-order chi connectivity index (χ0) is 19.7. The van der Waals surface area contributed by atoms with Crippen molar-refractivity contribution >= 4 is 22.8 Å². The Labute approximate surface area is 156 Å². The summed E-state index contributed by atoms with van der Waals surface area (Å²) in [5, 5.41) is 0. The van der Waals surface area contributed by atoms with Crippen molar-refractivity contribution in [2.24, 2.45) is 14.1 Å². The molecule has 0 spiro atoms. The summed E-state index contributed by atoms with van der Waals surface area (Å²) in [5.41, 5.74) is 1.73.